The van der Waals surface area contributed by atoms with E-state index in [1.54, 1.807) is 0 Å². The average molecular weight is 278 g/mol. The van der Waals surface area contributed by atoms with Gasteiger partial charge in [-0.1, -0.05) is 18.2 Å². The fraction of sp³-hybridized carbons (Fsp3) is 0.278. The highest BCUT2D eigenvalue weighted by Gasteiger charge is 2.37. The standard InChI is InChI=1S/C18H18N2O/c1-11-7-15-16(8-12(11)2)19-10-14-9-13-5-3-4-6-17(13)20(14)18(15)21/h3-8,14,19H,9-10H2,1-2H3/t14-/m0/s1. The predicted molar refractivity (Wildman–Crippen MR) is 85.1 cm³/mol. The molecule has 1 atom stereocenters. The number of nitrogens with zero attached hydrogens (tertiary/aromatic N) is 1. The highest BCUT2D eigenvalue weighted by molar-refractivity contribution is 6.12. The molecule has 0 saturated heterocycles. The monoisotopic (exact) mass is 278 g/mol. The number of nitrogens with one attached hydrogen (secondary N) is 1. The van der Waals surface area contributed by atoms with Crippen LogP contribution in [0.4, 0.5) is 11.4 Å². The summed E-state index contributed by atoms with van der Waals surface area (Å²) in [7, 11) is 0. The fourth-order valence-electron chi connectivity index (χ4n) is 3.40. The largest absolute Gasteiger partial charge is 0.382 e. The molecule has 0 aromatic heterocycles. The summed E-state index contributed by atoms with van der Waals surface area (Å²) in [6.07, 6.45) is 0.931. The van der Waals surface area contributed by atoms with Crippen molar-refractivity contribution in [1.82, 2.24) is 0 Å². The van der Waals surface area contributed by atoms with E-state index in [0.29, 0.717) is 0 Å². The van der Waals surface area contributed by atoms with Crippen molar-refractivity contribution in [3.63, 3.8) is 0 Å². The molecule has 3 nitrogen and oxygen atoms in total. The minimum absolute atomic E-state index is 0.119. The Labute approximate surface area is 124 Å². The van der Waals surface area contributed by atoms with Gasteiger partial charge in [0.05, 0.1) is 11.6 Å². The molecule has 3 heteroatoms. The van der Waals surface area contributed by atoms with Crippen molar-refractivity contribution in [2.45, 2.75) is 26.3 Å². The first-order valence-corrected chi connectivity index (χ1v) is 7.42. The van der Waals surface area contributed by atoms with E-state index in [0.717, 1.165) is 35.5 Å². The topological polar surface area (TPSA) is 32.3 Å². The van der Waals surface area contributed by atoms with Crippen molar-refractivity contribution in [2.24, 2.45) is 0 Å². The molecule has 2 aliphatic rings. The van der Waals surface area contributed by atoms with Gasteiger partial charge in [0, 0.05) is 17.9 Å². The smallest absolute Gasteiger partial charge is 0.260 e. The maximum atomic E-state index is 13.0. The summed E-state index contributed by atoms with van der Waals surface area (Å²) >= 11 is 0. The highest BCUT2D eigenvalue weighted by atomic mass is 16.2. The zero-order chi connectivity index (χ0) is 14.6. The Morgan fingerprint density at radius 2 is 1.90 bits per heavy atom. The van der Waals surface area contributed by atoms with Crippen molar-refractivity contribution in [2.75, 3.05) is 16.8 Å². The van der Waals surface area contributed by atoms with Crippen molar-refractivity contribution in [3.8, 4) is 0 Å². The number of para-hydroxylation sites is 1. The molecule has 2 aromatic rings. The van der Waals surface area contributed by atoms with Crippen molar-refractivity contribution in [1.29, 1.82) is 0 Å². The van der Waals surface area contributed by atoms with Gasteiger partial charge in [-0.2, -0.15) is 0 Å². The number of hydrogen-bond donors (Lipinski definition) is 1. The Kier molecular flexibility index (Phi) is 2.58. The molecule has 0 fully saturated rings. The number of aryl methyl sites for hydroxylation is 2. The van der Waals surface area contributed by atoms with E-state index in [4.69, 9.17) is 0 Å². The van der Waals surface area contributed by atoms with Crippen LogP contribution in [0, 0.1) is 13.8 Å². The van der Waals surface area contributed by atoms with Gasteiger partial charge in [-0.25, -0.2) is 0 Å². The second kappa shape index (κ2) is 4.35. The van der Waals surface area contributed by atoms with Crippen molar-refractivity contribution >= 4 is 17.3 Å². The molecule has 1 N–H and O–H groups in total. The van der Waals surface area contributed by atoms with Gasteiger partial charge in [0.25, 0.3) is 5.91 Å². The van der Waals surface area contributed by atoms with Gasteiger partial charge in [0.1, 0.15) is 0 Å². The van der Waals surface area contributed by atoms with Crippen LogP contribution in [0.3, 0.4) is 0 Å². The van der Waals surface area contributed by atoms with Crippen molar-refractivity contribution < 1.29 is 4.79 Å². The van der Waals surface area contributed by atoms with Crippen molar-refractivity contribution in [3.05, 3.63) is 58.7 Å². The van der Waals surface area contributed by atoms with Gasteiger partial charge >= 0.3 is 0 Å². The molecule has 2 heterocycles. The van der Waals surface area contributed by atoms with Crippen LogP contribution in [0.2, 0.25) is 0 Å². The number of anilines is 2. The summed E-state index contributed by atoms with van der Waals surface area (Å²) in [6, 6.07) is 12.6. The van der Waals surface area contributed by atoms with Gasteiger partial charge in [0.2, 0.25) is 0 Å². The lowest BCUT2D eigenvalue weighted by atomic mass is 10.0. The average Bonchev–Trinajstić information content (AvgIpc) is 2.80. The molecular weight excluding hydrogens is 260 g/mol. The second-order valence-corrected chi connectivity index (χ2v) is 6.02. The Bertz CT molecular complexity index is 751. The summed E-state index contributed by atoms with van der Waals surface area (Å²) in [5, 5.41) is 3.47. The third-order valence-corrected chi connectivity index (χ3v) is 4.68. The summed E-state index contributed by atoms with van der Waals surface area (Å²) in [6.45, 7) is 4.95. The van der Waals surface area contributed by atoms with Gasteiger partial charge < -0.3 is 10.2 Å². The van der Waals surface area contributed by atoms with Gasteiger partial charge in [0.15, 0.2) is 0 Å². The van der Waals surface area contributed by atoms with Crippen LogP contribution < -0.4 is 10.2 Å². The Morgan fingerprint density at radius 3 is 2.76 bits per heavy atom. The van der Waals surface area contributed by atoms with E-state index in [1.807, 2.05) is 23.1 Å². The van der Waals surface area contributed by atoms with E-state index in [9.17, 15) is 4.79 Å². The molecule has 0 saturated carbocycles. The first kappa shape index (κ1) is 12.5. The van der Waals surface area contributed by atoms with Gasteiger partial charge in [-0.3, -0.25) is 4.79 Å². The summed E-state index contributed by atoms with van der Waals surface area (Å²) in [5.41, 5.74) is 6.48. The first-order valence-electron chi connectivity index (χ1n) is 7.42. The molecule has 0 aliphatic carbocycles. The zero-order valence-electron chi connectivity index (χ0n) is 12.3. The maximum Gasteiger partial charge on any atom is 0.260 e. The van der Waals surface area contributed by atoms with Crippen LogP contribution in [0.25, 0.3) is 0 Å². The number of carbonyl (C=O) groups is 1. The Hall–Kier alpha value is -2.29. The number of amides is 1. The summed E-state index contributed by atoms with van der Waals surface area (Å²) < 4.78 is 0. The number of carbonyl (C=O) groups excluding carboxylic acids is 1. The third-order valence-electron chi connectivity index (χ3n) is 4.68. The van der Waals surface area contributed by atoms with Gasteiger partial charge in [-0.15, -0.1) is 0 Å². The van der Waals surface area contributed by atoms with E-state index in [2.05, 4.69) is 37.4 Å². The van der Waals surface area contributed by atoms with Crippen LogP contribution >= 0.6 is 0 Å². The summed E-state index contributed by atoms with van der Waals surface area (Å²) in [4.78, 5) is 15.0. The van der Waals surface area contributed by atoms with Crippen LogP contribution in [-0.2, 0) is 6.42 Å². The molecule has 0 radical (unpaired) electrons. The SMILES string of the molecule is Cc1cc2c(cc1C)C(=O)N1c3ccccc3C[C@H]1CN2. The Morgan fingerprint density at radius 1 is 1.14 bits per heavy atom. The minimum Gasteiger partial charge on any atom is -0.382 e. The van der Waals surface area contributed by atoms with Gasteiger partial charge in [-0.05, 0) is 55.2 Å². The van der Waals surface area contributed by atoms with Crippen LogP contribution in [0.1, 0.15) is 27.0 Å². The fourth-order valence-corrected chi connectivity index (χ4v) is 3.40. The lowest BCUT2D eigenvalue weighted by Gasteiger charge is -2.22. The van der Waals surface area contributed by atoms with E-state index in [1.165, 1.54) is 11.1 Å². The molecule has 0 unspecified atom stereocenters. The van der Waals surface area contributed by atoms with Crippen LogP contribution in [0.15, 0.2) is 36.4 Å². The maximum absolute atomic E-state index is 13.0. The third kappa shape index (κ3) is 1.77. The van der Waals surface area contributed by atoms with E-state index < -0.39 is 0 Å². The highest BCUT2D eigenvalue weighted by Crippen LogP contribution is 2.36. The quantitative estimate of drug-likeness (QED) is 0.802. The normalized spacial score (nSPS) is 19.4. The molecule has 4 rings (SSSR count). The molecule has 1 amide bonds. The number of rotatable bonds is 0. The minimum atomic E-state index is 0.119. The van der Waals surface area contributed by atoms with Crippen LogP contribution in [-0.4, -0.2) is 18.5 Å². The molecule has 0 bridgehead atoms. The Balaban J connectivity index is 1.86. The molecule has 21 heavy (non-hydrogen) atoms. The first-order chi connectivity index (χ1) is 10.1. The molecule has 2 aliphatic heterocycles. The zero-order valence-corrected chi connectivity index (χ0v) is 12.3. The summed E-state index contributed by atoms with van der Waals surface area (Å²) in [5.74, 6) is 0.119. The molecule has 106 valence electrons. The van der Waals surface area contributed by atoms with E-state index >= 15 is 0 Å². The predicted octanol–water partition coefficient (Wildman–Crippen LogP) is 3.30. The lowest BCUT2D eigenvalue weighted by Crippen LogP contribution is -2.39. The number of hydrogen-bond acceptors (Lipinski definition) is 2. The van der Waals surface area contributed by atoms with E-state index in [-0.39, 0.29) is 11.9 Å². The number of fused-ring (bicyclic) bond motifs is 4. The molecule has 2 aromatic carbocycles. The number of benzene rings is 2. The lowest BCUT2D eigenvalue weighted by molar-refractivity contribution is 0.0983. The van der Waals surface area contributed by atoms with Crippen LogP contribution in [0.5, 0.6) is 0 Å². The molecular formula is C18H18N2O. The molecule has 0 spiro atoms. The second-order valence-electron chi connectivity index (χ2n) is 6.02.